The summed E-state index contributed by atoms with van der Waals surface area (Å²) >= 11 is 6.05. The number of carbonyl (C=O) groups is 1. The van der Waals surface area contributed by atoms with Gasteiger partial charge >= 0.3 is 6.09 Å². The van der Waals surface area contributed by atoms with Gasteiger partial charge in [-0.1, -0.05) is 24.3 Å². The summed E-state index contributed by atoms with van der Waals surface area (Å²) in [4.78, 5) is 22.1. The standard InChI is InChI=1S/C16H23ClN4O2/c1-5-12-13(17)18-10-19-14(12)20-11-7-6-8-21(9-11)15(22)23-16(2,3)4/h5,10-11H,1,6-9H2,2-4H3,(H,18,19,20)/t11-/m1/s1. The van der Waals surface area contributed by atoms with E-state index < -0.39 is 5.60 Å². The van der Waals surface area contributed by atoms with Crippen molar-refractivity contribution >= 4 is 29.6 Å². The molecule has 0 aliphatic carbocycles. The number of amides is 1. The zero-order valence-corrected chi connectivity index (χ0v) is 14.6. The van der Waals surface area contributed by atoms with Gasteiger partial charge in [0.25, 0.3) is 0 Å². The third-order valence-electron chi connectivity index (χ3n) is 3.45. The van der Waals surface area contributed by atoms with Crippen molar-refractivity contribution in [2.75, 3.05) is 18.4 Å². The number of rotatable bonds is 3. The monoisotopic (exact) mass is 338 g/mol. The van der Waals surface area contributed by atoms with E-state index >= 15 is 0 Å². The van der Waals surface area contributed by atoms with Crippen LogP contribution in [0.4, 0.5) is 10.6 Å². The largest absolute Gasteiger partial charge is 0.444 e. The van der Waals surface area contributed by atoms with Crippen molar-refractivity contribution < 1.29 is 9.53 Å². The van der Waals surface area contributed by atoms with Crippen LogP contribution in [0.25, 0.3) is 6.08 Å². The molecule has 1 amide bonds. The average Bonchev–Trinajstić information content (AvgIpc) is 2.46. The molecule has 0 radical (unpaired) electrons. The summed E-state index contributed by atoms with van der Waals surface area (Å²) in [7, 11) is 0. The SMILES string of the molecule is C=Cc1c(Cl)ncnc1N[C@@H]1CCCN(C(=O)OC(C)(C)C)C1. The van der Waals surface area contributed by atoms with Crippen molar-refractivity contribution in [2.24, 2.45) is 0 Å². The first-order valence-corrected chi connectivity index (χ1v) is 8.05. The van der Waals surface area contributed by atoms with Gasteiger partial charge < -0.3 is 15.0 Å². The van der Waals surface area contributed by atoms with Gasteiger partial charge in [0, 0.05) is 19.1 Å². The molecule has 6 nitrogen and oxygen atoms in total. The molecule has 1 aliphatic heterocycles. The van der Waals surface area contributed by atoms with Crippen molar-refractivity contribution in [1.82, 2.24) is 14.9 Å². The van der Waals surface area contributed by atoms with E-state index in [2.05, 4.69) is 21.9 Å². The van der Waals surface area contributed by atoms with E-state index in [-0.39, 0.29) is 12.1 Å². The molecule has 1 aromatic rings. The Balaban J connectivity index is 2.03. The lowest BCUT2D eigenvalue weighted by molar-refractivity contribution is 0.0206. The summed E-state index contributed by atoms with van der Waals surface area (Å²) in [5.74, 6) is 0.635. The average molecular weight is 339 g/mol. The van der Waals surface area contributed by atoms with Crippen LogP contribution >= 0.6 is 11.6 Å². The molecule has 23 heavy (non-hydrogen) atoms. The van der Waals surface area contributed by atoms with Crippen LogP contribution in [0, 0.1) is 0 Å². The third kappa shape index (κ3) is 4.82. The number of ether oxygens (including phenoxy) is 1. The van der Waals surface area contributed by atoms with Crippen molar-refractivity contribution in [1.29, 1.82) is 0 Å². The van der Waals surface area contributed by atoms with E-state index in [4.69, 9.17) is 16.3 Å². The summed E-state index contributed by atoms with van der Waals surface area (Å²) in [5, 5.41) is 3.69. The molecule has 1 saturated heterocycles. The molecular formula is C16H23ClN4O2. The van der Waals surface area contributed by atoms with Crippen LogP contribution in [-0.4, -0.2) is 45.7 Å². The Morgan fingerprint density at radius 2 is 2.26 bits per heavy atom. The highest BCUT2D eigenvalue weighted by Crippen LogP contribution is 2.24. The Hall–Kier alpha value is -1.82. The van der Waals surface area contributed by atoms with Crippen molar-refractivity contribution in [3.8, 4) is 0 Å². The summed E-state index contributed by atoms with van der Waals surface area (Å²) < 4.78 is 5.44. The van der Waals surface area contributed by atoms with Crippen molar-refractivity contribution in [3.05, 3.63) is 23.6 Å². The van der Waals surface area contributed by atoms with E-state index in [1.54, 1.807) is 11.0 Å². The Morgan fingerprint density at radius 3 is 2.91 bits per heavy atom. The lowest BCUT2D eigenvalue weighted by Gasteiger charge is -2.34. The fourth-order valence-corrected chi connectivity index (χ4v) is 2.66. The second-order valence-electron chi connectivity index (χ2n) is 6.54. The molecule has 2 rings (SSSR count). The molecule has 7 heteroatoms. The highest BCUT2D eigenvalue weighted by atomic mass is 35.5. The smallest absolute Gasteiger partial charge is 0.410 e. The topological polar surface area (TPSA) is 67.4 Å². The van der Waals surface area contributed by atoms with Gasteiger partial charge in [0.2, 0.25) is 0 Å². The molecule has 126 valence electrons. The lowest BCUT2D eigenvalue weighted by Crippen LogP contribution is -2.47. The number of aromatic nitrogens is 2. The van der Waals surface area contributed by atoms with E-state index in [0.717, 1.165) is 12.8 Å². The van der Waals surface area contributed by atoms with Crippen LogP contribution in [-0.2, 0) is 4.74 Å². The first-order valence-electron chi connectivity index (χ1n) is 7.67. The minimum Gasteiger partial charge on any atom is -0.444 e. The van der Waals surface area contributed by atoms with Gasteiger partial charge in [-0.25, -0.2) is 14.8 Å². The number of nitrogens with one attached hydrogen (secondary N) is 1. The van der Waals surface area contributed by atoms with Crippen LogP contribution in [0.2, 0.25) is 5.15 Å². The normalized spacial score (nSPS) is 18.4. The number of hydrogen-bond donors (Lipinski definition) is 1. The fourth-order valence-electron chi connectivity index (χ4n) is 2.45. The quantitative estimate of drug-likeness (QED) is 0.853. The predicted molar refractivity (Wildman–Crippen MR) is 91.6 cm³/mol. The van der Waals surface area contributed by atoms with Gasteiger partial charge in [0.05, 0.1) is 5.56 Å². The minimum absolute atomic E-state index is 0.0842. The Bertz CT molecular complexity index is 586. The van der Waals surface area contributed by atoms with Gasteiger partial charge in [-0.05, 0) is 33.6 Å². The fraction of sp³-hybridized carbons (Fsp3) is 0.562. The van der Waals surface area contributed by atoms with Gasteiger partial charge in [-0.15, -0.1) is 0 Å². The van der Waals surface area contributed by atoms with Gasteiger partial charge in [-0.3, -0.25) is 0 Å². The Labute approximate surface area is 141 Å². The summed E-state index contributed by atoms with van der Waals surface area (Å²) in [6, 6.07) is 0.0842. The van der Waals surface area contributed by atoms with E-state index in [1.165, 1.54) is 6.33 Å². The van der Waals surface area contributed by atoms with Gasteiger partial charge in [0.15, 0.2) is 0 Å². The van der Waals surface area contributed by atoms with E-state index in [9.17, 15) is 4.79 Å². The predicted octanol–water partition coefficient (Wildman–Crippen LogP) is 3.58. The number of carbonyl (C=O) groups excluding carboxylic acids is 1. The van der Waals surface area contributed by atoms with Crippen LogP contribution in [0.15, 0.2) is 12.9 Å². The van der Waals surface area contributed by atoms with Crippen LogP contribution in [0.3, 0.4) is 0 Å². The van der Waals surface area contributed by atoms with Gasteiger partial charge in [-0.2, -0.15) is 0 Å². The molecule has 1 fully saturated rings. The molecular weight excluding hydrogens is 316 g/mol. The molecule has 0 bridgehead atoms. The van der Waals surface area contributed by atoms with Crippen LogP contribution in [0.5, 0.6) is 0 Å². The second kappa shape index (κ2) is 7.17. The van der Waals surface area contributed by atoms with Crippen LogP contribution < -0.4 is 5.32 Å². The maximum absolute atomic E-state index is 12.2. The lowest BCUT2D eigenvalue weighted by atomic mass is 10.1. The Kier molecular flexibility index (Phi) is 5.46. The van der Waals surface area contributed by atoms with Crippen molar-refractivity contribution in [2.45, 2.75) is 45.3 Å². The molecule has 1 aromatic heterocycles. The molecule has 0 aromatic carbocycles. The summed E-state index contributed by atoms with van der Waals surface area (Å²) in [5.41, 5.74) is 0.178. The number of hydrogen-bond acceptors (Lipinski definition) is 5. The number of piperidine rings is 1. The Morgan fingerprint density at radius 1 is 1.52 bits per heavy atom. The van der Waals surface area contributed by atoms with Crippen LogP contribution in [0.1, 0.15) is 39.2 Å². The molecule has 0 saturated carbocycles. The maximum Gasteiger partial charge on any atom is 0.410 e. The molecule has 1 atom stereocenters. The van der Waals surface area contributed by atoms with Gasteiger partial charge in [0.1, 0.15) is 22.9 Å². The number of halogens is 1. The van der Waals surface area contributed by atoms with E-state index in [1.807, 2.05) is 20.8 Å². The first-order chi connectivity index (χ1) is 10.8. The zero-order valence-electron chi connectivity index (χ0n) is 13.8. The number of likely N-dealkylation sites (tertiary alicyclic amines) is 1. The second-order valence-corrected chi connectivity index (χ2v) is 6.90. The zero-order chi connectivity index (χ0) is 17.0. The minimum atomic E-state index is -0.492. The summed E-state index contributed by atoms with van der Waals surface area (Å²) in [6.07, 6.45) is 4.59. The third-order valence-corrected chi connectivity index (χ3v) is 3.75. The molecule has 0 unspecified atom stereocenters. The van der Waals surface area contributed by atoms with E-state index in [0.29, 0.717) is 29.6 Å². The first kappa shape index (κ1) is 17.5. The van der Waals surface area contributed by atoms with Crippen molar-refractivity contribution in [3.63, 3.8) is 0 Å². The highest BCUT2D eigenvalue weighted by molar-refractivity contribution is 6.31. The number of nitrogens with zero attached hydrogens (tertiary/aromatic N) is 3. The molecule has 1 N–H and O–H groups in total. The molecule has 2 heterocycles. The maximum atomic E-state index is 12.2. The summed E-state index contributed by atoms with van der Waals surface area (Å²) in [6.45, 7) is 10.6. The molecule has 1 aliphatic rings. The highest BCUT2D eigenvalue weighted by Gasteiger charge is 2.28. The number of anilines is 1. The molecule has 0 spiro atoms.